The summed E-state index contributed by atoms with van der Waals surface area (Å²) in [5.74, 6) is 0.624. The highest BCUT2D eigenvalue weighted by atomic mass is 16.1. The van der Waals surface area contributed by atoms with Crippen LogP contribution in [0.1, 0.15) is 44.9 Å². The maximum atomic E-state index is 11.4. The van der Waals surface area contributed by atoms with Gasteiger partial charge in [0.2, 0.25) is 5.91 Å². The van der Waals surface area contributed by atoms with Gasteiger partial charge in [-0.3, -0.25) is 4.79 Å². The fraction of sp³-hybridized carbons (Fsp3) is 0.438. The average Bonchev–Trinajstić information content (AvgIpc) is 2.29. The highest BCUT2D eigenvalue weighted by molar-refractivity contribution is 5.87. The lowest BCUT2D eigenvalue weighted by atomic mass is 10.00. The standard InChI is InChI=1S/C16H23NO/c1-5-6-16(18)17-13(4)15-9-7-14(8-10-15)11-12(2)3/h5-10,12-13H,11H2,1-4H3,(H,17,18)/b6-5+/t13-/m1/s1. The zero-order chi connectivity index (χ0) is 13.5. The minimum Gasteiger partial charge on any atom is -0.346 e. The molecular formula is C16H23NO. The Morgan fingerprint density at radius 3 is 2.33 bits per heavy atom. The zero-order valence-corrected chi connectivity index (χ0v) is 11.7. The first kappa shape index (κ1) is 14.5. The number of nitrogens with one attached hydrogen (secondary N) is 1. The fourth-order valence-electron chi connectivity index (χ4n) is 1.91. The van der Waals surface area contributed by atoms with E-state index < -0.39 is 0 Å². The minimum atomic E-state index is -0.0451. The highest BCUT2D eigenvalue weighted by Crippen LogP contribution is 2.15. The van der Waals surface area contributed by atoms with Crippen molar-refractivity contribution in [3.8, 4) is 0 Å². The molecule has 0 aromatic heterocycles. The quantitative estimate of drug-likeness (QED) is 0.788. The van der Waals surface area contributed by atoms with Gasteiger partial charge in [-0.25, -0.2) is 0 Å². The van der Waals surface area contributed by atoms with Gasteiger partial charge in [-0.2, -0.15) is 0 Å². The summed E-state index contributed by atoms with van der Waals surface area (Å²) in [5, 5.41) is 2.93. The second-order valence-corrected chi connectivity index (χ2v) is 5.07. The summed E-state index contributed by atoms with van der Waals surface area (Å²) in [6.45, 7) is 8.27. The van der Waals surface area contributed by atoms with Gasteiger partial charge in [0.25, 0.3) is 0 Å². The normalized spacial score (nSPS) is 12.9. The number of hydrogen-bond donors (Lipinski definition) is 1. The second kappa shape index (κ2) is 7.00. The Kier molecular flexibility index (Phi) is 5.63. The highest BCUT2D eigenvalue weighted by Gasteiger charge is 2.07. The van der Waals surface area contributed by atoms with Gasteiger partial charge in [0, 0.05) is 0 Å². The SMILES string of the molecule is C/C=C/C(=O)N[C@H](C)c1ccc(CC(C)C)cc1. The molecule has 1 atom stereocenters. The molecule has 0 aliphatic carbocycles. The van der Waals surface area contributed by atoms with Crippen LogP contribution >= 0.6 is 0 Å². The van der Waals surface area contributed by atoms with Crippen molar-refractivity contribution < 1.29 is 4.79 Å². The van der Waals surface area contributed by atoms with Crippen molar-refractivity contribution in [2.45, 2.75) is 40.2 Å². The third-order valence-electron chi connectivity index (χ3n) is 2.80. The number of benzene rings is 1. The van der Waals surface area contributed by atoms with Crippen LogP contribution in [-0.4, -0.2) is 5.91 Å². The first-order valence-corrected chi connectivity index (χ1v) is 6.55. The number of carbonyl (C=O) groups is 1. The molecule has 0 aliphatic heterocycles. The molecule has 0 radical (unpaired) electrons. The largest absolute Gasteiger partial charge is 0.346 e. The van der Waals surface area contributed by atoms with Crippen molar-refractivity contribution in [2.75, 3.05) is 0 Å². The van der Waals surface area contributed by atoms with E-state index in [0.29, 0.717) is 5.92 Å². The van der Waals surface area contributed by atoms with E-state index in [1.807, 2.05) is 13.8 Å². The first-order chi connectivity index (χ1) is 8.52. The van der Waals surface area contributed by atoms with Crippen LogP contribution in [0.25, 0.3) is 0 Å². The van der Waals surface area contributed by atoms with E-state index in [4.69, 9.17) is 0 Å². The van der Waals surface area contributed by atoms with Gasteiger partial charge in [-0.05, 0) is 43.4 Å². The van der Waals surface area contributed by atoms with Gasteiger partial charge < -0.3 is 5.32 Å². The van der Waals surface area contributed by atoms with Crippen LogP contribution in [0.3, 0.4) is 0 Å². The van der Waals surface area contributed by atoms with Gasteiger partial charge in [-0.1, -0.05) is 44.2 Å². The van der Waals surface area contributed by atoms with Crippen molar-refractivity contribution in [3.63, 3.8) is 0 Å². The molecule has 2 heteroatoms. The van der Waals surface area contributed by atoms with Gasteiger partial charge >= 0.3 is 0 Å². The van der Waals surface area contributed by atoms with E-state index in [0.717, 1.165) is 12.0 Å². The van der Waals surface area contributed by atoms with E-state index in [2.05, 4.69) is 43.4 Å². The summed E-state index contributed by atoms with van der Waals surface area (Å²) in [6.07, 6.45) is 4.39. The Hall–Kier alpha value is -1.57. The lowest BCUT2D eigenvalue weighted by Crippen LogP contribution is -2.24. The number of allylic oxidation sites excluding steroid dienone is 1. The van der Waals surface area contributed by atoms with E-state index >= 15 is 0 Å². The maximum Gasteiger partial charge on any atom is 0.244 e. The molecule has 1 rings (SSSR count). The molecule has 1 amide bonds. The van der Waals surface area contributed by atoms with Crippen LogP contribution in [0.2, 0.25) is 0 Å². The van der Waals surface area contributed by atoms with Crippen LogP contribution in [0.15, 0.2) is 36.4 Å². The summed E-state index contributed by atoms with van der Waals surface area (Å²) < 4.78 is 0. The van der Waals surface area contributed by atoms with Crippen molar-refractivity contribution >= 4 is 5.91 Å². The third-order valence-corrected chi connectivity index (χ3v) is 2.80. The van der Waals surface area contributed by atoms with E-state index in [1.54, 1.807) is 12.2 Å². The molecule has 2 nitrogen and oxygen atoms in total. The van der Waals surface area contributed by atoms with Gasteiger partial charge in [-0.15, -0.1) is 0 Å². The molecule has 0 spiro atoms. The molecule has 0 bridgehead atoms. The Bertz CT molecular complexity index is 404. The molecule has 0 saturated carbocycles. The van der Waals surface area contributed by atoms with Crippen molar-refractivity contribution in [1.29, 1.82) is 0 Å². The molecule has 1 aromatic rings. The molecule has 0 fully saturated rings. The lowest BCUT2D eigenvalue weighted by Gasteiger charge is -2.14. The Morgan fingerprint density at radius 1 is 1.22 bits per heavy atom. The van der Waals surface area contributed by atoms with Crippen LogP contribution in [-0.2, 0) is 11.2 Å². The molecule has 1 aromatic carbocycles. The molecule has 0 heterocycles. The van der Waals surface area contributed by atoms with Crippen LogP contribution in [0, 0.1) is 5.92 Å². The summed E-state index contributed by atoms with van der Waals surface area (Å²) in [4.78, 5) is 11.4. The number of carbonyl (C=O) groups excluding carboxylic acids is 1. The topological polar surface area (TPSA) is 29.1 Å². The zero-order valence-electron chi connectivity index (χ0n) is 11.7. The van der Waals surface area contributed by atoms with Gasteiger partial charge in [0.05, 0.1) is 6.04 Å². The minimum absolute atomic E-state index is 0.0433. The molecule has 1 N–H and O–H groups in total. The van der Waals surface area contributed by atoms with E-state index in [9.17, 15) is 4.79 Å². The maximum absolute atomic E-state index is 11.4. The Balaban J connectivity index is 2.64. The van der Waals surface area contributed by atoms with Gasteiger partial charge in [0.15, 0.2) is 0 Å². The summed E-state index contributed by atoms with van der Waals surface area (Å²) in [6, 6.07) is 8.53. The number of rotatable bonds is 5. The summed E-state index contributed by atoms with van der Waals surface area (Å²) >= 11 is 0. The molecular weight excluding hydrogens is 222 g/mol. The average molecular weight is 245 g/mol. The molecule has 0 unspecified atom stereocenters. The Morgan fingerprint density at radius 2 is 1.83 bits per heavy atom. The summed E-state index contributed by atoms with van der Waals surface area (Å²) in [5.41, 5.74) is 2.49. The Labute approximate surface area is 110 Å². The smallest absolute Gasteiger partial charge is 0.244 e. The first-order valence-electron chi connectivity index (χ1n) is 6.55. The van der Waals surface area contributed by atoms with Crippen LogP contribution < -0.4 is 5.32 Å². The van der Waals surface area contributed by atoms with Crippen molar-refractivity contribution in [2.24, 2.45) is 5.92 Å². The van der Waals surface area contributed by atoms with Crippen molar-refractivity contribution in [3.05, 3.63) is 47.5 Å². The predicted molar refractivity (Wildman–Crippen MR) is 76.4 cm³/mol. The number of hydrogen-bond acceptors (Lipinski definition) is 1. The van der Waals surface area contributed by atoms with E-state index in [1.165, 1.54) is 5.56 Å². The fourth-order valence-corrected chi connectivity index (χ4v) is 1.91. The van der Waals surface area contributed by atoms with E-state index in [-0.39, 0.29) is 11.9 Å². The van der Waals surface area contributed by atoms with Crippen LogP contribution in [0.4, 0.5) is 0 Å². The predicted octanol–water partition coefficient (Wildman–Crippen LogP) is 3.64. The molecule has 98 valence electrons. The monoisotopic (exact) mass is 245 g/mol. The van der Waals surface area contributed by atoms with Crippen molar-refractivity contribution in [1.82, 2.24) is 5.32 Å². The molecule has 18 heavy (non-hydrogen) atoms. The number of amides is 1. The third kappa shape index (κ3) is 4.74. The molecule has 0 aliphatic rings. The second-order valence-electron chi connectivity index (χ2n) is 5.07. The van der Waals surface area contributed by atoms with Gasteiger partial charge in [0.1, 0.15) is 0 Å². The lowest BCUT2D eigenvalue weighted by molar-refractivity contribution is -0.117. The van der Waals surface area contributed by atoms with Crippen LogP contribution in [0.5, 0.6) is 0 Å². The molecule has 0 saturated heterocycles. The summed E-state index contributed by atoms with van der Waals surface area (Å²) in [7, 11) is 0.